The number of amides is 1. The highest BCUT2D eigenvalue weighted by Crippen LogP contribution is 2.27. The number of aryl methyl sites for hydroxylation is 1. The first-order chi connectivity index (χ1) is 14.7. The molecule has 30 heavy (non-hydrogen) atoms. The third-order valence-corrected chi connectivity index (χ3v) is 7.36. The minimum atomic E-state index is 0.0245. The molecular formula is C24H27N3O2S. The molecule has 3 aromatic rings. The van der Waals surface area contributed by atoms with Gasteiger partial charge < -0.3 is 4.90 Å². The zero-order chi connectivity index (χ0) is 20.5. The normalized spacial score (nSPS) is 17.1. The zero-order valence-electron chi connectivity index (χ0n) is 17.2. The summed E-state index contributed by atoms with van der Waals surface area (Å²) < 4.78 is 1.80. The first-order valence-electron chi connectivity index (χ1n) is 11.1. The van der Waals surface area contributed by atoms with E-state index in [0.29, 0.717) is 23.0 Å². The molecule has 0 atom stereocenters. The molecule has 0 unspecified atom stereocenters. The quantitative estimate of drug-likeness (QED) is 0.610. The van der Waals surface area contributed by atoms with Crippen LogP contribution in [0.25, 0.3) is 10.9 Å². The van der Waals surface area contributed by atoms with Gasteiger partial charge in [0.05, 0.1) is 17.4 Å². The van der Waals surface area contributed by atoms with Gasteiger partial charge >= 0.3 is 0 Å². The van der Waals surface area contributed by atoms with Gasteiger partial charge in [-0.1, -0.05) is 25.3 Å². The smallest absolute Gasteiger partial charge is 0.261 e. The molecule has 0 radical (unpaired) electrons. The third-order valence-electron chi connectivity index (χ3n) is 6.50. The summed E-state index contributed by atoms with van der Waals surface area (Å²) in [5, 5.41) is 2.68. The molecule has 2 aromatic heterocycles. The van der Waals surface area contributed by atoms with Crippen molar-refractivity contribution in [2.45, 2.75) is 70.5 Å². The number of hydrogen-bond acceptors (Lipinski definition) is 4. The Morgan fingerprint density at radius 2 is 2.00 bits per heavy atom. The summed E-state index contributed by atoms with van der Waals surface area (Å²) in [7, 11) is 0. The molecule has 0 bridgehead atoms. The van der Waals surface area contributed by atoms with Gasteiger partial charge in [0.15, 0.2) is 0 Å². The van der Waals surface area contributed by atoms with Crippen molar-refractivity contribution in [3.05, 3.63) is 62.3 Å². The summed E-state index contributed by atoms with van der Waals surface area (Å²) in [5.41, 5.74) is 1.31. The fourth-order valence-electron chi connectivity index (χ4n) is 4.87. The van der Waals surface area contributed by atoms with Crippen LogP contribution in [0.4, 0.5) is 0 Å². The van der Waals surface area contributed by atoms with Gasteiger partial charge in [-0.3, -0.25) is 14.2 Å². The molecule has 2 aliphatic rings. The SMILES string of the molecule is O=C(c1ccc2c(=O)n3c(nc2c1)CCCC3)N(Cc1cccs1)C1CCCCC1. The monoisotopic (exact) mass is 421 g/mol. The van der Waals surface area contributed by atoms with Gasteiger partial charge in [0.25, 0.3) is 11.5 Å². The van der Waals surface area contributed by atoms with E-state index in [-0.39, 0.29) is 17.5 Å². The number of fused-ring (bicyclic) bond motifs is 2. The van der Waals surface area contributed by atoms with Crippen molar-refractivity contribution >= 4 is 28.1 Å². The van der Waals surface area contributed by atoms with Crippen molar-refractivity contribution in [3.63, 3.8) is 0 Å². The van der Waals surface area contributed by atoms with Gasteiger partial charge in [0, 0.05) is 29.4 Å². The fraction of sp³-hybridized carbons (Fsp3) is 0.458. The second-order valence-electron chi connectivity index (χ2n) is 8.48. The lowest BCUT2D eigenvalue weighted by Gasteiger charge is -2.34. The third kappa shape index (κ3) is 3.69. The maximum atomic E-state index is 13.6. The molecule has 6 heteroatoms. The Morgan fingerprint density at radius 3 is 2.80 bits per heavy atom. The number of benzene rings is 1. The highest BCUT2D eigenvalue weighted by atomic mass is 32.1. The van der Waals surface area contributed by atoms with Crippen LogP contribution >= 0.6 is 11.3 Å². The van der Waals surface area contributed by atoms with Crippen molar-refractivity contribution in [3.8, 4) is 0 Å². The Balaban J connectivity index is 1.51. The van der Waals surface area contributed by atoms with E-state index >= 15 is 0 Å². The van der Waals surface area contributed by atoms with Gasteiger partial charge in [-0.15, -0.1) is 11.3 Å². The molecule has 5 nitrogen and oxygen atoms in total. The summed E-state index contributed by atoms with van der Waals surface area (Å²) >= 11 is 1.70. The maximum Gasteiger partial charge on any atom is 0.261 e. The van der Waals surface area contributed by atoms with E-state index in [1.54, 1.807) is 22.0 Å². The summed E-state index contributed by atoms with van der Waals surface area (Å²) in [6.45, 7) is 1.40. The van der Waals surface area contributed by atoms with Crippen LogP contribution in [0.2, 0.25) is 0 Å². The van der Waals surface area contributed by atoms with Gasteiger partial charge in [0.1, 0.15) is 5.82 Å². The number of rotatable bonds is 4. The highest BCUT2D eigenvalue weighted by Gasteiger charge is 2.27. The number of aromatic nitrogens is 2. The van der Waals surface area contributed by atoms with Crippen molar-refractivity contribution < 1.29 is 4.79 Å². The second-order valence-corrected chi connectivity index (χ2v) is 9.51. The van der Waals surface area contributed by atoms with Crippen molar-refractivity contribution in [1.29, 1.82) is 0 Å². The lowest BCUT2D eigenvalue weighted by molar-refractivity contribution is 0.0617. The van der Waals surface area contributed by atoms with E-state index < -0.39 is 0 Å². The molecule has 0 spiro atoms. The first-order valence-corrected chi connectivity index (χ1v) is 12.0. The Hall–Kier alpha value is -2.47. The molecule has 3 heterocycles. The minimum absolute atomic E-state index is 0.0245. The number of thiophene rings is 1. The van der Waals surface area contributed by atoms with Crippen molar-refractivity contribution in [2.75, 3.05) is 0 Å². The van der Waals surface area contributed by atoms with Gasteiger partial charge in [0.2, 0.25) is 0 Å². The average Bonchev–Trinajstić information content (AvgIpc) is 3.31. The van der Waals surface area contributed by atoms with E-state index in [4.69, 9.17) is 4.98 Å². The topological polar surface area (TPSA) is 55.2 Å². The van der Waals surface area contributed by atoms with E-state index in [0.717, 1.165) is 44.5 Å². The van der Waals surface area contributed by atoms with E-state index in [1.165, 1.54) is 24.1 Å². The van der Waals surface area contributed by atoms with Gasteiger partial charge in [-0.2, -0.15) is 0 Å². The largest absolute Gasteiger partial charge is 0.331 e. The molecule has 1 fully saturated rings. The van der Waals surface area contributed by atoms with Crippen LogP contribution in [0.3, 0.4) is 0 Å². The summed E-state index contributed by atoms with van der Waals surface area (Å²) in [6, 6.07) is 9.87. The minimum Gasteiger partial charge on any atom is -0.331 e. The van der Waals surface area contributed by atoms with Crippen LogP contribution in [0, 0.1) is 0 Å². The molecule has 1 aliphatic carbocycles. The fourth-order valence-corrected chi connectivity index (χ4v) is 5.57. The van der Waals surface area contributed by atoms with Crippen molar-refractivity contribution in [2.24, 2.45) is 0 Å². The van der Waals surface area contributed by atoms with E-state index in [9.17, 15) is 9.59 Å². The van der Waals surface area contributed by atoms with E-state index in [2.05, 4.69) is 16.3 Å². The predicted molar refractivity (Wildman–Crippen MR) is 120 cm³/mol. The predicted octanol–water partition coefficient (Wildman–Crippen LogP) is 4.77. The molecule has 0 N–H and O–H groups in total. The van der Waals surface area contributed by atoms with Gasteiger partial charge in [-0.25, -0.2) is 4.98 Å². The lowest BCUT2D eigenvalue weighted by atomic mass is 9.93. The maximum absolute atomic E-state index is 13.6. The number of hydrogen-bond donors (Lipinski definition) is 0. The molecule has 1 aromatic carbocycles. The molecular weight excluding hydrogens is 394 g/mol. The summed E-state index contributed by atoms with van der Waals surface area (Å²) in [5.74, 6) is 0.905. The first kappa shape index (κ1) is 19.5. The Labute approximate surface area is 180 Å². The highest BCUT2D eigenvalue weighted by molar-refractivity contribution is 7.09. The molecule has 156 valence electrons. The number of carbonyl (C=O) groups is 1. The van der Waals surface area contributed by atoms with Crippen LogP contribution in [-0.4, -0.2) is 26.4 Å². The molecule has 0 saturated heterocycles. The zero-order valence-corrected chi connectivity index (χ0v) is 18.0. The molecule has 1 aliphatic heterocycles. The van der Waals surface area contributed by atoms with Crippen LogP contribution in [0.15, 0.2) is 40.5 Å². The molecule has 1 saturated carbocycles. The van der Waals surface area contributed by atoms with Crippen molar-refractivity contribution in [1.82, 2.24) is 14.5 Å². The van der Waals surface area contributed by atoms with Crippen LogP contribution in [-0.2, 0) is 19.5 Å². The van der Waals surface area contributed by atoms with E-state index in [1.807, 2.05) is 18.2 Å². The standard InChI is InChI=1S/C24H27N3O2S/c28-23(27(16-19-9-6-14-30-19)18-7-2-1-3-8-18)17-11-12-20-21(15-17)25-22-10-4-5-13-26(22)24(20)29/h6,9,11-12,14-15,18H,1-5,7-8,10,13,16H2. The number of nitrogens with zero attached hydrogens (tertiary/aromatic N) is 3. The Bertz CT molecular complexity index is 1110. The average molecular weight is 422 g/mol. The van der Waals surface area contributed by atoms with Crippen LogP contribution in [0.5, 0.6) is 0 Å². The molecule has 1 amide bonds. The Morgan fingerprint density at radius 1 is 1.13 bits per heavy atom. The van der Waals surface area contributed by atoms with Crippen LogP contribution < -0.4 is 5.56 Å². The van der Waals surface area contributed by atoms with Crippen LogP contribution in [0.1, 0.15) is 66.0 Å². The second kappa shape index (κ2) is 8.34. The summed E-state index contributed by atoms with van der Waals surface area (Å²) in [6.07, 6.45) is 8.67. The molecule has 5 rings (SSSR count). The lowest BCUT2D eigenvalue weighted by Crippen LogP contribution is -2.40. The number of carbonyl (C=O) groups excluding carboxylic acids is 1. The summed E-state index contributed by atoms with van der Waals surface area (Å²) in [4.78, 5) is 34.5. The van der Waals surface area contributed by atoms with Gasteiger partial charge in [-0.05, 0) is 55.3 Å². The Kier molecular flexibility index (Phi) is 5.42.